The first-order valence-electron chi connectivity index (χ1n) is 9.95. The van der Waals surface area contributed by atoms with Crippen LogP contribution in [0.5, 0.6) is 5.75 Å². The molecule has 31 heavy (non-hydrogen) atoms. The Bertz CT molecular complexity index is 1280. The van der Waals surface area contributed by atoms with Gasteiger partial charge < -0.3 is 10.4 Å². The van der Waals surface area contributed by atoms with Gasteiger partial charge in [-0.25, -0.2) is 4.98 Å². The zero-order valence-corrected chi connectivity index (χ0v) is 17.1. The lowest BCUT2D eigenvalue weighted by Gasteiger charge is -2.24. The molecule has 0 unspecified atom stereocenters. The summed E-state index contributed by atoms with van der Waals surface area (Å²) in [6, 6.07) is 14.9. The molecule has 0 spiro atoms. The maximum Gasteiger partial charge on any atom is 0.272 e. The summed E-state index contributed by atoms with van der Waals surface area (Å²) in [4.78, 5) is 17.2. The van der Waals surface area contributed by atoms with Crippen molar-refractivity contribution in [1.82, 2.24) is 25.0 Å². The van der Waals surface area contributed by atoms with Gasteiger partial charge in [-0.15, -0.1) is 5.10 Å². The average Bonchev–Trinajstić information content (AvgIpc) is 3.10. The van der Waals surface area contributed by atoms with Crippen LogP contribution in [0.2, 0.25) is 0 Å². The molecule has 1 aliphatic rings. The Morgan fingerprint density at radius 2 is 1.81 bits per heavy atom. The zero-order chi connectivity index (χ0) is 21.5. The van der Waals surface area contributed by atoms with Gasteiger partial charge in [-0.2, -0.15) is 14.9 Å². The lowest BCUT2D eigenvalue weighted by Crippen LogP contribution is -2.25. The Morgan fingerprint density at radius 3 is 2.55 bits per heavy atom. The van der Waals surface area contributed by atoms with Crippen molar-refractivity contribution < 1.29 is 9.90 Å². The molecule has 154 valence electrons. The van der Waals surface area contributed by atoms with E-state index in [4.69, 9.17) is 0 Å². The van der Waals surface area contributed by atoms with Gasteiger partial charge in [0.2, 0.25) is 5.91 Å². The van der Waals surface area contributed by atoms with E-state index in [-0.39, 0.29) is 23.5 Å². The Morgan fingerprint density at radius 1 is 1.06 bits per heavy atom. The van der Waals surface area contributed by atoms with Crippen molar-refractivity contribution in [2.75, 3.05) is 5.32 Å². The van der Waals surface area contributed by atoms with Gasteiger partial charge in [0.25, 0.3) is 5.95 Å². The van der Waals surface area contributed by atoms with Gasteiger partial charge in [0.15, 0.2) is 0 Å². The Kier molecular flexibility index (Phi) is 4.47. The Balaban J connectivity index is 1.60. The van der Waals surface area contributed by atoms with E-state index in [9.17, 15) is 9.90 Å². The third-order valence-corrected chi connectivity index (χ3v) is 5.48. The highest BCUT2D eigenvalue weighted by Crippen LogP contribution is 2.40. The number of fused-ring (bicyclic) bond motifs is 1. The summed E-state index contributed by atoms with van der Waals surface area (Å²) in [5, 5.41) is 25.5. The summed E-state index contributed by atoms with van der Waals surface area (Å²) in [6.07, 6.45) is 1.90. The van der Waals surface area contributed by atoms with Crippen LogP contribution in [-0.4, -0.2) is 36.0 Å². The number of anilines is 1. The van der Waals surface area contributed by atoms with Crippen LogP contribution in [0, 0.1) is 13.8 Å². The van der Waals surface area contributed by atoms with E-state index in [2.05, 4.69) is 25.6 Å². The zero-order valence-electron chi connectivity index (χ0n) is 17.1. The molecule has 5 rings (SSSR count). The van der Waals surface area contributed by atoms with Crippen molar-refractivity contribution in [2.45, 2.75) is 26.2 Å². The van der Waals surface area contributed by atoms with Crippen LogP contribution in [0.4, 0.5) is 5.82 Å². The van der Waals surface area contributed by atoms with Crippen LogP contribution in [-0.2, 0) is 4.79 Å². The quantitative estimate of drug-likeness (QED) is 0.533. The molecule has 0 bridgehead atoms. The van der Waals surface area contributed by atoms with E-state index in [1.165, 1.54) is 0 Å². The van der Waals surface area contributed by atoms with Gasteiger partial charge in [-0.3, -0.25) is 4.79 Å². The van der Waals surface area contributed by atoms with Crippen LogP contribution in [0.25, 0.3) is 17.2 Å². The summed E-state index contributed by atoms with van der Waals surface area (Å²) >= 11 is 0. The molecule has 4 aromatic rings. The Labute approximate surface area is 178 Å². The molecule has 2 aromatic carbocycles. The van der Waals surface area contributed by atoms with Gasteiger partial charge in [0, 0.05) is 23.5 Å². The van der Waals surface area contributed by atoms with Crippen LogP contribution in [0.15, 0.2) is 54.7 Å². The molecule has 1 atom stereocenters. The maximum absolute atomic E-state index is 12.5. The van der Waals surface area contributed by atoms with E-state index in [0.717, 1.165) is 27.9 Å². The Hall–Kier alpha value is -4.07. The number of phenolic OH excluding ortho intramolecular Hbond substituents is 1. The van der Waals surface area contributed by atoms with Crippen molar-refractivity contribution in [3.63, 3.8) is 0 Å². The number of carbonyl (C=O) groups excluding carboxylic acids is 1. The van der Waals surface area contributed by atoms with Crippen LogP contribution < -0.4 is 5.32 Å². The minimum Gasteiger partial charge on any atom is -0.508 e. The number of phenols is 1. The van der Waals surface area contributed by atoms with E-state index >= 15 is 0 Å². The standard InChI is InChI=1S/C23H20N6O2/c1-13-3-5-16(6-4-13)19-12-24-27-23(25-19)29-22-21(14(2)28-29)18(11-20(31)26-22)15-7-9-17(30)10-8-15/h3-10,12,18,30H,11H2,1-2H3,(H,26,31)/t18-/m0/s1. The lowest BCUT2D eigenvalue weighted by atomic mass is 9.86. The first kappa shape index (κ1) is 18.9. The van der Waals surface area contributed by atoms with E-state index in [0.29, 0.717) is 17.9 Å². The van der Waals surface area contributed by atoms with Crippen LogP contribution in [0.3, 0.4) is 0 Å². The third-order valence-electron chi connectivity index (χ3n) is 5.48. The number of rotatable bonds is 3. The van der Waals surface area contributed by atoms with Gasteiger partial charge >= 0.3 is 0 Å². The van der Waals surface area contributed by atoms with Gasteiger partial charge in [0.05, 0.1) is 17.6 Å². The first-order valence-corrected chi connectivity index (χ1v) is 9.95. The van der Waals surface area contributed by atoms with Crippen LogP contribution >= 0.6 is 0 Å². The molecule has 3 heterocycles. The van der Waals surface area contributed by atoms with Crippen LogP contribution in [0.1, 0.15) is 34.7 Å². The molecule has 2 aromatic heterocycles. The number of aromatic nitrogens is 5. The minimum atomic E-state index is -0.175. The number of hydrogen-bond donors (Lipinski definition) is 2. The molecule has 8 nitrogen and oxygen atoms in total. The van der Waals surface area contributed by atoms with Gasteiger partial charge in [-0.1, -0.05) is 42.0 Å². The highest BCUT2D eigenvalue weighted by molar-refractivity contribution is 5.95. The largest absolute Gasteiger partial charge is 0.508 e. The second-order valence-corrected chi connectivity index (χ2v) is 7.66. The topological polar surface area (TPSA) is 106 Å². The summed E-state index contributed by atoms with van der Waals surface area (Å²) < 4.78 is 1.54. The SMILES string of the molecule is Cc1ccc(-c2cnnc(-n3nc(C)c4c3NC(=O)C[C@H]4c3ccc(O)cc3)n2)cc1. The van der Waals surface area contributed by atoms with Gasteiger partial charge in [0.1, 0.15) is 11.6 Å². The normalized spacial score (nSPS) is 15.4. The number of aromatic hydroxyl groups is 1. The number of benzene rings is 2. The number of nitrogens with one attached hydrogen (secondary N) is 1. The first-order chi connectivity index (χ1) is 15.0. The number of nitrogens with zero attached hydrogens (tertiary/aromatic N) is 5. The van der Waals surface area contributed by atoms with Crippen molar-refractivity contribution in [1.29, 1.82) is 0 Å². The molecule has 8 heteroatoms. The number of carbonyl (C=O) groups is 1. The lowest BCUT2D eigenvalue weighted by molar-refractivity contribution is -0.116. The van der Waals surface area contributed by atoms with E-state index < -0.39 is 0 Å². The highest BCUT2D eigenvalue weighted by atomic mass is 16.3. The number of hydrogen-bond acceptors (Lipinski definition) is 6. The fourth-order valence-corrected chi connectivity index (χ4v) is 3.93. The molecular formula is C23H20N6O2. The minimum absolute atomic E-state index is 0.116. The van der Waals surface area contributed by atoms with E-state index in [1.807, 2.05) is 50.2 Å². The molecule has 0 saturated heterocycles. The van der Waals surface area contributed by atoms with Crippen molar-refractivity contribution in [3.8, 4) is 23.0 Å². The second-order valence-electron chi connectivity index (χ2n) is 7.66. The number of amides is 1. The summed E-state index contributed by atoms with van der Waals surface area (Å²) in [5.74, 6) is 0.730. The predicted octanol–water partition coefficient (Wildman–Crippen LogP) is 3.52. The average molecular weight is 412 g/mol. The highest BCUT2D eigenvalue weighted by Gasteiger charge is 2.33. The molecule has 1 amide bonds. The van der Waals surface area contributed by atoms with Crippen molar-refractivity contribution >= 4 is 11.7 Å². The second kappa shape index (κ2) is 7.32. The number of aryl methyl sites for hydroxylation is 2. The maximum atomic E-state index is 12.5. The van der Waals surface area contributed by atoms with Crippen molar-refractivity contribution in [2.24, 2.45) is 0 Å². The summed E-state index contributed by atoms with van der Waals surface area (Å²) in [5.41, 5.74) is 5.37. The van der Waals surface area contributed by atoms with E-state index in [1.54, 1.807) is 23.0 Å². The van der Waals surface area contributed by atoms with Gasteiger partial charge in [-0.05, 0) is 31.5 Å². The molecule has 1 aliphatic heterocycles. The molecule has 0 fully saturated rings. The summed E-state index contributed by atoms with van der Waals surface area (Å²) in [7, 11) is 0. The molecule has 0 saturated carbocycles. The monoisotopic (exact) mass is 412 g/mol. The molecule has 0 radical (unpaired) electrons. The predicted molar refractivity (Wildman–Crippen MR) is 115 cm³/mol. The molecular weight excluding hydrogens is 392 g/mol. The fraction of sp³-hybridized carbons (Fsp3) is 0.174. The third kappa shape index (κ3) is 3.42. The van der Waals surface area contributed by atoms with Crippen molar-refractivity contribution in [3.05, 3.63) is 77.1 Å². The smallest absolute Gasteiger partial charge is 0.272 e. The summed E-state index contributed by atoms with van der Waals surface area (Å²) in [6.45, 7) is 3.93. The molecule has 2 N–H and O–H groups in total. The molecule has 0 aliphatic carbocycles. The fourth-order valence-electron chi connectivity index (χ4n) is 3.93.